The number of aliphatic imine (C=N–C) groups is 2. The van der Waals surface area contributed by atoms with Crippen molar-refractivity contribution < 1.29 is 0 Å². The Hall–Kier alpha value is -4.97. The van der Waals surface area contributed by atoms with E-state index >= 15 is 0 Å². The molecule has 1 N–H and O–H groups in total. The Morgan fingerprint density at radius 1 is 0.780 bits per heavy atom. The minimum atomic E-state index is -0.124. The number of para-hydroxylation sites is 3. The molecule has 0 fully saturated rings. The zero-order valence-corrected chi connectivity index (χ0v) is 23.3. The lowest BCUT2D eigenvalue weighted by Crippen LogP contribution is -2.46. The predicted octanol–water partition coefficient (Wildman–Crippen LogP) is 8.32. The van der Waals surface area contributed by atoms with E-state index in [4.69, 9.17) is 15.1 Å². The molecule has 0 bridgehead atoms. The maximum Gasteiger partial charge on any atom is 0.179 e. The number of rotatable bonds is 6. The molecule has 6 heteroatoms. The van der Waals surface area contributed by atoms with Crippen molar-refractivity contribution >= 4 is 34.6 Å². The second-order valence-corrected chi connectivity index (χ2v) is 10.6. The molecule has 0 saturated heterocycles. The van der Waals surface area contributed by atoms with Crippen LogP contribution in [0.2, 0.25) is 0 Å². The van der Waals surface area contributed by atoms with Crippen LogP contribution in [0.5, 0.6) is 0 Å². The smallest absolute Gasteiger partial charge is 0.179 e. The molecule has 7 rings (SSSR count). The van der Waals surface area contributed by atoms with E-state index in [1.165, 1.54) is 24.0 Å². The predicted molar refractivity (Wildman–Crippen MR) is 168 cm³/mol. The van der Waals surface area contributed by atoms with Crippen molar-refractivity contribution in [1.82, 2.24) is 9.78 Å². The SMILES string of the molecule is CCCCc1ccc(NC2=Nc3ccccc3N3C2=Nc2c(c(C)nn2-c2ccccc2)C3c2ccccc2)cc1. The third-order valence-electron chi connectivity index (χ3n) is 7.79. The Balaban J connectivity index is 1.41. The Morgan fingerprint density at radius 2 is 1.49 bits per heavy atom. The largest absolute Gasteiger partial charge is 0.337 e. The number of aromatic nitrogens is 2. The van der Waals surface area contributed by atoms with Crippen LogP contribution in [0.1, 0.15) is 48.2 Å². The van der Waals surface area contributed by atoms with Crippen LogP contribution in [-0.2, 0) is 6.42 Å². The lowest BCUT2D eigenvalue weighted by Gasteiger charge is -2.40. The van der Waals surface area contributed by atoms with E-state index < -0.39 is 0 Å². The quantitative estimate of drug-likeness (QED) is 0.237. The van der Waals surface area contributed by atoms with Crippen molar-refractivity contribution in [1.29, 1.82) is 0 Å². The molecule has 1 atom stereocenters. The number of nitrogens with one attached hydrogen (secondary N) is 1. The summed E-state index contributed by atoms with van der Waals surface area (Å²) in [5.41, 5.74) is 8.48. The van der Waals surface area contributed by atoms with Gasteiger partial charge in [0.2, 0.25) is 0 Å². The molecule has 0 spiro atoms. The van der Waals surface area contributed by atoms with Gasteiger partial charge in [0.05, 0.1) is 28.8 Å². The van der Waals surface area contributed by atoms with E-state index in [0.717, 1.165) is 57.9 Å². The third kappa shape index (κ3) is 4.51. The minimum absolute atomic E-state index is 0.124. The van der Waals surface area contributed by atoms with Crippen molar-refractivity contribution in [2.24, 2.45) is 9.98 Å². The van der Waals surface area contributed by atoms with E-state index in [-0.39, 0.29) is 6.04 Å². The number of fused-ring (bicyclic) bond motifs is 4. The Labute approximate surface area is 240 Å². The van der Waals surface area contributed by atoms with E-state index in [2.05, 4.69) is 109 Å². The van der Waals surface area contributed by atoms with Crippen molar-refractivity contribution in [3.63, 3.8) is 0 Å². The van der Waals surface area contributed by atoms with Gasteiger partial charge in [-0.3, -0.25) is 0 Å². The summed E-state index contributed by atoms with van der Waals surface area (Å²) in [6.07, 6.45) is 3.48. The number of benzene rings is 4. The summed E-state index contributed by atoms with van der Waals surface area (Å²) < 4.78 is 1.96. The fourth-order valence-corrected chi connectivity index (χ4v) is 5.77. The molecule has 1 aromatic heterocycles. The molecular weight excluding hydrogens is 504 g/mol. The Morgan fingerprint density at radius 3 is 2.24 bits per heavy atom. The summed E-state index contributed by atoms with van der Waals surface area (Å²) >= 11 is 0. The average Bonchev–Trinajstić information content (AvgIpc) is 3.36. The highest BCUT2D eigenvalue weighted by atomic mass is 15.4. The van der Waals surface area contributed by atoms with E-state index in [1.807, 2.05) is 28.9 Å². The maximum atomic E-state index is 5.32. The molecule has 2 aliphatic rings. The van der Waals surface area contributed by atoms with Crippen LogP contribution >= 0.6 is 0 Å². The second kappa shape index (κ2) is 10.5. The normalized spacial score (nSPS) is 15.4. The van der Waals surface area contributed by atoms with Crippen LogP contribution < -0.4 is 10.2 Å². The molecule has 0 amide bonds. The van der Waals surface area contributed by atoms with Gasteiger partial charge in [0.15, 0.2) is 17.5 Å². The van der Waals surface area contributed by atoms with Gasteiger partial charge in [0.1, 0.15) is 0 Å². The Bertz CT molecular complexity index is 1750. The minimum Gasteiger partial charge on any atom is -0.337 e. The highest BCUT2D eigenvalue weighted by molar-refractivity contribution is 6.51. The molecule has 0 aliphatic carbocycles. The average molecular weight is 537 g/mol. The molecule has 0 radical (unpaired) electrons. The first-order valence-electron chi connectivity index (χ1n) is 14.3. The van der Waals surface area contributed by atoms with Crippen LogP contribution in [0.4, 0.5) is 22.9 Å². The maximum absolute atomic E-state index is 5.32. The molecule has 41 heavy (non-hydrogen) atoms. The van der Waals surface area contributed by atoms with E-state index in [9.17, 15) is 0 Å². The molecule has 4 aromatic carbocycles. The van der Waals surface area contributed by atoms with Crippen molar-refractivity contribution in [3.8, 4) is 5.69 Å². The molecule has 0 saturated carbocycles. The van der Waals surface area contributed by atoms with Gasteiger partial charge in [-0.25, -0.2) is 14.7 Å². The van der Waals surface area contributed by atoms with Gasteiger partial charge in [-0.05, 0) is 67.3 Å². The third-order valence-corrected chi connectivity index (χ3v) is 7.79. The highest BCUT2D eigenvalue weighted by Gasteiger charge is 2.41. The summed E-state index contributed by atoms with van der Waals surface area (Å²) in [6, 6.07) is 37.7. The van der Waals surface area contributed by atoms with Gasteiger partial charge in [-0.2, -0.15) is 5.10 Å². The number of nitrogens with zero attached hydrogens (tertiary/aromatic N) is 5. The van der Waals surface area contributed by atoms with Crippen LogP contribution in [0.15, 0.2) is 119 Å². The number of amidine groups is 2. The fraction of sp³-hybridized carbons (Fsp3) is 0.171. The second-order valence-electron chi connectivity index (χ2n) is 10.6. The van der Waals surface area contributed by atoms with Crippen LogP contribution in [0.25, 0.3) is 5.69 Å². The van der Waals surface area contributed by atoms with Gasteiger partial charge in [0, 0.05) is 11.3 Å². The first-order valence-corrected chi connectivity index (χ1v) is 14.3. The molecule has 2 aliphatic heterocycles. The summed E-state index contributed by atoms with van der Waals surface area (Å²) in [5.74, 6) is 2.32. The monoisotopic (exact) mass is 536 g/mol. The molecular formula is C35H32N6. The molecule has 5 aromatic rings. The lowest BCUT2D eigenvalue weighted by atomic mass is 9.93. The topological polar surface area (TPSA) is 57.8 Å². The van der Waals surface area contributed by atoms with Crippen LogP contribution in [0.3, 0.4) is 0 Å². The lowest BCUT2D eigenvalue weighted by molar-refractivity contribution is 0.795. The highest BCUT2D eigenvalue weighted by Crippen LogP contribution is 2.48. The van der Waals surface area contributed by atoms with Crippen molar-refractivity contribution in [2.45, 2.75) is 39.2 Å². The summed E-state index contributed by atoms with van der Waals surface area (Å²) in [7, 11) is 0. The van der Waals surface area contributed by atoms with Gasteiger partial charge in [-0.15, -0.1) is 0 Å². The summed E-state index contributed by atoms with van der Waals surface area (Å²) in [4.78, 5) is 12.8. The first-order chi connectivity index (χ1) is 20.2. The van der Waals surface area contributed by atoms with Crippen molar-refractivity contribution in [2.75, 3.05) is 10.2 Å². The standard InChI is InChI=1S/C35H32N6/c1-3-4-13-25-20-22-27(23-21-25)36-33-35-38-34-31(24(2)39-41(34)28-16-9-6-10-17-28)32(26-14-7-5-8-15-26)40(35)30-19-12-11-18-29(30)37-33/h5-12,14-23,32H,3-4,13H2,1-2H3,(H,36,37). The summed E-state index contributed by atoms with van der Waals surface area (Å²) in [6.45, 7) is 4.31. The number of anilines is 2. The van der Waals surface area contributed by atoms with Gasteiger partial charge >= 0.3 is 0 Å². The number of aryl methyl sites for hydroxylation is 2. The summed E-state index contributed by atoms with van der Waals surface area (Å²) in [5, 5.41) is 8.64. The number of unbranched alkanes of at least 4 members (excludes halogenated alkanes) is 1. The number of hydrogen-bond acceptors (Lipinski definition) is 5. The zero-order chi connectivity index (χ0) is 27.8. The Kier molecular flexibility index (Phi) is 6.44. The fourth-order valence-electron chi connectivity index (χ4n) is 5.77. The van der Waals surface area contributed by atoms with E-state index in [0.29, 0.717) is 0 Å². The molecule has 1 unspecified atom stereocenters. The van der Waals surface area contributed by atoms with E-state index in [1.54, 1.807) is 0 Å². The number of hydrogen-bond donors (Lipinski definition) is 1. The molecule has 3 heterocycles. The van der Waals surface area contributed by atoms with Gasteiger partial charge in [0.25, 0.3) is 0 Å². The molecule has 6 nitrogen and oxygen atoms in total. The van der Waals surface area contributed by atoms with Crippen LogP contribution in [-0.4, -0.2) is 21.5 Å². The van der Waals surface area contributed by atoms with Crippen LogP contribution in [0, 0.1) is 6.92 Å². The van der Waals surface area contributed by atoms with Crippen molar-refractivity contribution in [3.05, 3.63) is 132 Å². The van der Waals surface area contributed by atoms with Gasteiger partial charge in [-0.1, -0.05) is 86.1 Å². The van der Waals surface area contributed by atoms with Gasteiger partial charge < -0.3 is 10.2 Å². The zero-order valence-electron chi connectivity index (χ0n) is 23.3. The first kappa shape index (κ1) is 25.0. The molecule has 202 valence electrons.